The van der Waals surface area contributed by atoms with E-state index in [1.54, 1.807) is 11.8 Å². The average molecular weight is 425 g/mol. The highest BCUT2D eigenvalue weighted by Crippen LogP contribution is 2.20. The lowest BCUT2D eigenvalue weighted by molar-refractivity contribution is -0.119. The molecular formula is C21H24N6O2S. The normalized spacial score (nSPS) is 16.5. The minimum atomic E-state index is -0.00385. The van der Waals surface area contributed by atoms with Crippen molar-refractivity contribution in [3.8, 4) is 11.4 Å². The number of aromatic nitrogens is 4. The first kappa shape index (κ1) is 20.4. The maximum atomic E-state index is 12.4. The third-order valence-corrected chi connectivity index (χ3v) is 5.90. The van der Waals surface area contributed by atoms with Gasteiger partial charge in [-0.15, -0.1) is 5.10 Å². The number of tetrazole rings is 1. The van der Waals surface area contributed by atoms with Crippen molar-refractivity contribution in [3.63, 3.8) is 0 Å². The number of benzene rings is 2. The Bertz CT molecular complexity index is 963. The number of hydrogen-bond donors (Lipinski definition) is 1. The number of likely N-dealkylation sites (tertiary alicyclic amines) is 1. The summed E-state index contributed by atoms with van der Waals surface area (Å²) in [5.41, 5.74) is 2.11. The minimum Gasteiger partial charge on any atom is -0.497 e. The fourth-order valence-corrected chi connectivity index (χ4v) is 4.19. The Kier molecular flexibility index (Phi) is 6.60. The van der Waals surface area contributed by atoms with Crippen LogP contribution in [0.2, 0.25) is 0 Å². The van der Waals surface area contributed by atoms with Gasteiger partial charge in [-0.2, -0.15) is 4.68 Å². The summed E-state index contributed by atoms with van der Waals surface area (Å²) in [6.07, 6.45) is 0.965. The lowest BCUT2D eigenvalue weighted by Crippen LogP contribution is -2.38. The van der Waals surface area contributed by atoms with Crippen molar-refractivity contribution in [2.24, 2.45) is 0 Å². The monoisotopic (exact) mass is 424 g/mol. The topological polar surface area (TPSA) is 85.2 Å². The molecule has 2 aromatic carbocycles. The first-order valence-corrected chi connectivity index (χ1v) is 10.8. The molecule has 156 valence electrons. The van der Waals surface area contributed by atoms with Gasteiger partial charge < -0.3 is 10.1 Å². The van der Waals surface area contributed by atoms with Crippen molar-refractivity contribution in [1.29, 1.82) is 0 Å². The molecule has 1 aliphatic heterocycles. The van der Waals surface area contributed by atoms with Crippen LogP contribution in [-0.2, 0) is 11.3 Å². The number of carbonyl (C=O) groups is 1. The number of methoxy groups -OCH3 is 1. The summed E-state index contributed by atoms with van der Waals surface area (Å²) in [5.74, 6) is 1.03. The predicted molar refractivity (Wildman–Crippen MR) is 115 cm³/mol. The third-order valence-electron chi connectivity index (χ3n) is 4.98. The summed E-state index contributed by atoms with van der Waals surface area (Å²) in [5, 5.41) is 15.5. The Morgan fingerprint density at radius 3 is 2.77 bits per heavy atom. The number of ether oxygens (including phenoxy) is 1. The van der Waals surface area contributed by atoms with Gasteiger partial charge >= 0.3 is 0 Å². The molecule has 1 N–H and O–H groups in total. The third kappa shape index (κ3) is 5.17. The molecule has 4 rings (SSSR count). The van der Waals surface area contributed by atoms with E-state index >= 15 is 0 Å². The molecular weight excluding hydrogens is 400 g/mol. The van der Waals surface area contributed by atoms with Gasteiger partial charge in [0.15, 0.2) is 0 Å². The molecule has 9 heteroatoms. The van der Waals surface area contributed by atoms with Crippen molar-refractivity contribution in [1.82, 2.24) is 30.4 Å². The Morgan fingerprint density at radius 2 is 2.00 bits per heavy atom. The largest absolute Gasteiger partial charge is 0.497 e. The zero-order valence-corrected chi connectivity index (χ0v) is 17.6. The number of nitrogens with one attached hydrogen (secondary N) is 1. The minimum absolute atomic E-state index is 0.00385. The number of carbonyl (C=O) groups excluding carboxylic acids is 1. The maximum absolute atomic E-state index is 12.4. The van der Waals surface area contributed by atoms with Gasteiger partial charge in [-0.05, 0) is 46.7 Å². The summed E-state index contributed by atoms with van der Waals surface area (Å²) in [4.78, 5) is 14.8. The maximum Gasteiger partial charge on any atom is 0.230 e. The van der Waals surface area contributed by atoms with Crippen LogP contribution in [0.1, 0.15) is 12.0 Å². The van der Waals surface area contributed by atoms with Crippen molar-refractivity contribution >= 4 is 17.7 Å². The molecule has 30 heavy (non-hydrogen) atoms. The molecule has 1 amide bonds. The second-order valence-corrected chi connectivity index (χ2v) is 8.08. The Labute approximate surface area is 179 Å². The Balaban J connectivity index is 1.26. The molecule has 1 aliphatic rings. The molecule has 1 atom stereocenters. The molecule has 8 nitrogen and oxygen atoms in total. The molecule has 0 radical (unpaired) electrons. The van der Waals surface area contributed by atoms with Crippen molar-refractivity contribution in [2.45, 2.75) is 24.2 Å². The molecule has 0 saturated carbocycles. The van der Waals surface area contributed by atoms with E-state index in [9.17, 15) is 4.79 Å². The Morgan fingerprint density at radius 1 is 1.20 bits per heavy atom. The lowest BCUT2D eigenvalue weighted by atomic mass is 10.2. The molecule has 2 heterocycles. The molecule has 0 aliphatic carbocycles. The summed E-state index contributed by atoms with van der Waals surface area (Å²) < 4.78 is 6.80. The predicted octanol–water partition coefficient (Wildman–Crippen LogP) is 2.15. The molecule has 1 saturated heterocycles. The van der Waals surface area contributed by atoms with Gasteiger partial charge in [0, 0.05) is 25.7 Å². The SMILES string of the molecule is COc1ccc(-n2nnnc2SCC(=O)N[C@H]2CCN(Cc3ccccc3)C2)cc1. The zero-order chi connectivity index (χ0) is 20.8. The molecule has 3 aromatic rings. The van der Waals surface area contributed by atoms with Gasteiger partial charge in [0.1, 0.15) is 5.75 Å². The first-order valence-electron chi connectivity index (χ1n) is 9.82. The van der Waals surface area contributed by atoms with Crippen LogP contribution in [0.15, 0.2) is 59.8 Å². The van der Waals surface area contributed by atoms with E-state index in [1.165, 1.54) is 17.3 Å². The smallest absolute Gasteiger partial charge is 0.230 e. The van der Waals surface area contributed by atoms with Crippen molar-refractivity contribution in [3.05, 3.63) is 60.2 Å². The van der Waals surface area contributed by atoms with E-state index in [2.05, 4.69) is 50.0 Å². The van der Waals surface area contributed by atoms with Crippen LogP contribution in [0, 0.1) is 0 Å². The van der Waals surface area contributed by atoms with Crippen molar-refractivity contribution in [2.75, 3.05) is 26.0 Å². The Hall–Kier alpha value is -2.91. The van der Waals surface area contributed by atoms with Crippen LogP contribution in [0.4, 0.5) is 0 Å². The van der Waals surface area contributed by atoms with Gasteiger partial charge in [-0.1, -0.05) is 42.1 Å². The number of thioether (sulfide) groups is 1. The zero-order valence-electron chi connectivity index (χ0n) is 16.8. The molecule has 1 fully saturated rings. The van der Waals surface area contributed by atoms with Gasteiger partial charge in [-0.3, -0.25) is 9.69 Å². The number of hydrogen-bond acceptors (Lipinski definition) is 7. The number of rotatable bonds is 8. The highest BCUT2D eigenvalue weighted by molar-refractivity contribution is 7.99. The van der Waals surface area contributed by atoms with Crippen LogP contribution >= 0.6 is 11.8 Å². The van der Waals surface area contributed by atoms with E-state index in [1.807, 2.05) is 30.3 Å². The van der Waals surface area contributed by atoms with Gasteiger partial charge in [0.05, 0.1) is 18.6 Å². The fraction of sp³-hybridized carbons (Fsp3) is 0.333. The van der Waals surface area contributed by atoms with Crippen LogP contribution in [-0.4, -0.2) is 63.0 Å². The van der Waals surface area contributed by atoms with Crippen LogP contribution < -0.4 is 10.1 Å². The van der Waals surface area contributed by atoms with Gasteiger partial charge in [0.2, 0.25) is 11.1 Å². The molecule has 0 unspecified atom stereocenters. The highest BCUT2D eigenvalue weighted by Gasteiger charge is 2.24. The van der Waals surface area contributed by atoms with Crippen LogP contribution in [0.5, 0.6) is 5.75 Å². The van der Waals surface area contributed by atoms with Crippen molar-refractivity contribution < 1.29 is 9.53 Å². The second kappa shape index (κ2) is 9.73. The molecule has 0 bridgehead atoms. The van der Waals surface area contributed by atoms with E-state index in [4.69, 9.17) is 4.74 Å². The molecule has 1 aromatic heterocycles. The van der Waals surface area contributed by atoms with E-state index in [-0.39, 0.29) is 17.7 Å². The van der Waals surface area contributed by atoms with E-state index in [0.717, 1.165) is 37.5 Å². The standard InChI is InChI=1S/C21H24N6O2S/c1-29-19-9-7-18(8-10-19)27-21(23-24-25-27)30-15-20(28)22-17-11-12-26(14-17)13-16-5-3-2-4-6-16/h2-10,17H,11-15H2,1H3,(H,22,28)/t17-/m0/s1. The first-order chi connectivity index (χ1) is 14.7. The highest BCUT2D eigenvalue weighted by atomic mass is 32.2. The van der Waals surface area contributed by atoms with E-state index in [0.29, 0.717) is 5.16 Å². The van der Waals surface area contributed by atoms with Crippen LogP contribution in [0.3, 0.4) is 0 Å². The number of amides is 1. The molecule has 0 spiro atoms. The van der Waals surface area contributed by atoms with E-state index < -0.39 is 0 Å². The second-order valence-electron chi connectivity index (χ2n) is 7.13. The average Bonchev–Trinajstić information content (AvgIpc) is 3.42. The van der Waals surface area contributed by atoms with Gasteiger partial charge in [0.25, 0.3) is 0 Å². The summed E-state index contributed by atoms with van der Waals surface area (Å²) in [6.45, 7) is 2.77. The van der Waals surface area contributed by atoms with Crippen LogP contribution in [0.25, 0.3) is 5.69 Å². The van der Waals surface area contributed by atoms with Gasteiger partial charge in [-0.25, -0.2) is 0 Å². The summed E-state index contributed by atoms with van der Waals surface area (Å²) in [6, 6.07) is 18.0. The summed E-state index contributed by atoms with van der Waals surface area (Å²) >= 11 is 1.32. The summed E-state index contributed by atoms with van der Waals surface area (Å²) in [7, 11) is 1.62. The fourth-order valence-electron chi connectivity index (χ4n) is 3.49. The quantitative estimate of drug-likeness (QED) is 0.555. The lowest BCUT2D eigenvalue weighted by Gasteiger charge is -2.16. The number of nitrogens with zero attached hydrogens (tertiary/aromatic N) is 5.